The molecule has 6 nitrogen and oxygen atoms in total. The van der Waals surface area contributed by atoms with E-state index >= 15 is 0 Å². The van der Waals surface area contributed by atoms with Gasteiger partial charge in [0.15, 0.2) is 0 Å². The van der Waals surface area contributed by atoms with Crippen LogP contribution in [-0.4, -0.2) is 16.2 Å². The van der Waals surface area contributed by atoms with Crippen LogP contribution in [0.5, 0.6) is 11.5 Å². The molecule has 120 valence electrons. The number of para-hydroxylation sites is 1. The van der Waals surface area contributed by atoms with Gasteiger partial charge in [-0.05, 0) is 36.4 Å². The van der Waals surface area contributed by atoms with Gasteiger partial charge in [0.1, 0.15) is 11.5 Å². The highest BCUT2D eigenvalue weighted by molar-refractivity contribution is 5.99. The van der Waals surface area contributed by atoms with E-state index in [1.165, 1.54) is 0 Å². The summed E-state index contributed by atoms with van der Waals surface area (Å²) in [6, 6.07) is 18.2. The topological polar surface area (TPSA) is 74.7 Å². The summed E-state index contributed by atoms with van der Waals surface area (Å²) >= 11 is 0. The Balaban J connectivity index is 1.72. The van der Waals surface area contributed by atoms with Crippen LogP contribution in [0.1, 0.15) is 0 Å². The average Bonchev–Trinajstić information content (AvgIpc) is 2.63. The minimum atomic E-state index is -0.665. The van der Waals surface area contributed by atoms with Crippen molar-refractivity contribution in [3.05, 3.63) is 79.1 Å². The van der Waals surface area contributed by atoms with Gasteiger partial charge in [0.25, 0.3) is 0 Å². The molecule has 0 aliphatic heterocycles. The van der Waals surface area contributed by atoms with Crippen LogP contribution in [0, 0.1) is 0 Å². The first kappa shape index (κ1) is 15.5. The fourth-order valence-electron chi connectivity index (χ4n) is 2.04. The molecule has 2 N–H and O–H groups in total. The third kappa shape index (κ3) is 3.88. The Kier molecular flexibility index (Phi) is 4.69. The lowest BCUT2D eigenvalue weighted by atomic mass is 10.3. The highest BCUT2D eigenvalue weighted by atomic mass is 16.5. The number of anilines is 2. The van der Waals surface area contributed by atoms with Crippen LogP contribution < -0.4 is 15.1 Å². The Bertz CT molecular complexity index is 810. The van der Waals surface area contributed by atoms with Gasteiger partial charge < -0.3 is 10.1 Å². The SMILES string of the molecule is O=C(Nc1ccccc1)N(O)c1cccc(Oc2ccncc2)c1. The Hall–Kier alpha value is -3.38. The molecule has 0 bridgehead atoms. The van der Waals surface area contributed by atoms with Crippen molar-refractivity contribution in [1.29, 1.82) is 0 Å². The standard InChI is InChI=1S/C18H15N3O3/c22-18(20-14-5-2-1-3-6-14)21(23)15-7-4-8-17(13-15)24-16-9-11-19-12-10-16/h1-13,23H,(H,20,22). The molecule has 2 amide bonds. The zero-order chi connectivity index (χ0) is 16.8. The maximum atomic E-state index is 12.1. The second kappa shape index (κ2) is 7.26. The Labute approximate surface area is 138 Å². The van der Waals surface area contributed by atoms with Gasteiger partial charge in [-0.3, -0.25) is 10.2 Å². The highest BCUT2D eigenvalue weighted by Crippen LogP contribution is 2.25. The molecule has 0 fully saturated rings. The molecule has 0 aliphatic rings. The van der Waals surface area contributed by atoms with E-state index in [0.717, 1.165) is 0 Å². The molecule has 3 rings (SSSR count). The van der Waals surface area contributed by atoms with E-state index in [-0.39, 0.29) is 5.69 Å². The summed E-state index contributed by atoms with van der Waals surface area (Å²) in [5.74, 6) is 1.10. The minimum absolute atomic E-state index is 0.287. The number of ether oxygens (including phenoxy) is 1. The predicted molar refractivity (Wildman–Crippen MR) is 90.5 cm³/mol. The second-order valence-corrected chi connectivity index (χ2v) is 4.89. The van der Waals surface area contributed by atoms with Crippen molar-refractivity contribution in [2.24, 2.45) is 0 Å². The summed E-state index contributed by atoms with van der Waals surface area (Å²) in [5, 5.41) is 13.2. The van der Waals surface area contributed by atoms with Gasteiger partial charge in [0.05, 0.1) is 5.69 Å². The molecule has 6 heteroatoms. The fraction of sp³-hybridized carbons (Fsp3) is 0. The average molecular weight is 321 g/mol. The van der Waals surface area contributed by atoms with Crippen molar-refractivity contribution in [2.75, 3.05) is 10.4 Å². The molecule has 0 saturated heterocycles. The number of aromatic nitrogens is 1. The zero-order valence-corrected chi connectivity index (χ0v) is 12.7. The van der Waals surface area contributed by atoms with Crippen molar-refractivity contribution in [1.82, 2.24) is 4.98 Å². The van der Waals surface area contributed by atoms with Crippen molar-refractivity contribution < 1.29 is 14.7 Å². The number of pyridine rings is 1. The summed E-state index contributed by atoms with van der Waals surface area (Å²) in [4.78, 5) is 16.0. The van der Waals surface area contributed by atoms with E-state index in [9.17, 15) is 10.0 Å². The normalized spacial score (nSPS) is 10.0. The van der Waals surface area contributed by atoms with Crippen molar-refractivity contribution in [3.63, 3.8) is 0 Å². The molecule has 1 aromatic heterocycles. The summed E-state index contributed by atoms with van der Waals surface area (Å²) in [6.07, 6.45) is 3.23. The molecular formula is C18H15N3O3. The van der Waals surface area contributed by atoms with Crippen LogP contribution in [0.3, 0.4) is 0 Å². The second-order valence-electron chi connectivity index (χ2n) is 4.89. The number of nitrogens with zero attached hydrogens (tertiary/aromatic N) is 2. The van der Waals surface area contributed by atoms with Gasteiger partial charge in [-0.2, -0.15) is 5.06 Å². The van der Waals surface area contributed by atoms with Gasteiger partial charge >= 0.3 is 6.03 Å². The van der Waals surface area contributed by atoms with Crippen LogP contribution in [-0.2, 0) is 0 Å². The zero-order valence-electron chi connectivity index (χ0n) is 12.7. The minimum Gasteiger partial charge on any atom is -0.457 e. The molecule has 0 spiro atoms. The van der Waals surface area contributed by atoms with Crippen LogP contribution in [0.25, 0.3) is 0 Å². The number of carbonyl (C=O) groups is 1. The number of urea groups is 1. The van der Waals surface area contributed by atoms with Crippen molar-refractivity contribution >= 4 is 17.4 Å². The first-order valence-corrected chi connectivity index (χ1v) is 7.25. The summed E-state index contributed by atoms with van der Waals surface area (Å²) < 4.78 is 5.66. The number of rotatable bonds is 4. The van der Waals surface area contributed by atoms with E-state index in [2.05, 4.69) is 10.3 Å². The number of amides is 2. The largest absolute Gasteiger partial charge is 0.457 e. The van der Waals surface area contributed by atoms with Crippen molar-refractivity contribution in [3.8, 4) is 11.5 Å². The van der Waals surface area contributed by atoms with Crippen LogP contribution in [0.4, 0.5) is 16.2 Å². The maximum absolute atomic E-state index is 12.1. The maximum Gasteiger partial charge on any atom is 0.350 e. The van der Waals surface area contributed by atoms with E-state index in [4.69, 9.17) is 4.74 Å². The lowest BCUT2D eigenvalue weighted by Gasteiger charge is -2.16. The van der Waals surface area contributed by atoms with E-state index in [1.54, 1.807) is 73.1 Å². The van der Waals surface area contributed by atoms with Gasteiger partial charge in [-0.25, -0.2) is 4.79 Å². The molecular weight excluding hydrogens is 306 g/mol. The number of hydrogen-bond donors (Lipinski definition) is 2. The first-order chi connectivity index (χ1) is 11.7. The smallest absolute Gasteiger partial charge is 0.350 e. The highest BCUT2D eigenvalue weighted by Gasteiger charge is 2.14. The Morgan fingerprint density at radius 2 is 1.71 bits per heavy atom. The number of benzene rings is 2. The van der Waals surface area contributed by atoms with Crippen molar-refractivity contribution in [2.45, 2.75) is 0 Å². The van der Waals surface area contributed by atoms with Crippen LogP contribution in [0.15, 0.2) is 79.1 Å². The molecule has 0 atom stereocenters. The number of nitrogens with one attached hydrogen (secondary N) is 1. The number of hydrogen-bond acceptors (Lipinski definition) is 4. The Morgan fingerprint density at radius 1 is 0.958 bits per heavy atom. The summed E-state index contributed by atoms with van der Waals surface area (Å²) in [7, 11) is 0. The molecule has 0 saturated carbocycles. The Morgan fingerprint density at radius 3 is 2.46 bits per heavy atom. The first-order valence-electron chi connectivity index (χ1n) is 7.25. The van der Waals surface area contributed by atoms with E-state index in [1.807, 2.05) is 6.07 Å². The molecule has 1 heterocycles. The summed E-state index contributed by atoms with van der Waals surface area (Å²) in [6.45, 7) is 0. The molecule has 0 unspecified atom stereocenters. The molecule has 0 radical (unpaired) electrons. The third-order valence-corrected chi connectivity index (χ3v) is 3.17. The van der Waals surface area contributed by atoms with E-state index in [0.29, 0.717) is 22.2 Å². The van der Waals surface area contributed by atoms with Gasteiger partial charge in [0, 0.05) is 24.1 Å². The molecule has 2 aromatic carbocycles. The summed E-state index contributed by atoms with van der Waals surface area (Å²) in [5.41, 5.74) is 0.876. The van der Waals surface area contributed by atoms with Gasteiger partial charge in [0.2, 0.25) is 0 Å². The molecule has 24 heavy (non-hydrogen) atoms. The van der Waals surface area contributed by atoms with Gasteiger partial charge in [-0.1, -0.05) is 24.3 Å². The van der Waals surface area contributed by atoms with Crippen LogP contribution in [0.2, 0.25) is 0 Å². The third-order valence-electron chi connectivity index (χ3n) is 3.17. The quantitative estimate of drug-likeness (QED) is 0.555. The number of carbonyl (C=O) groups excluding carboxylic acids is 1. The molecule has 0 aliphatic carbocycles. The lowest BCUT2D eigenvalue weighted by Crippen LogP contribution is -2.31. The van der Waals surface area contributed by atoms with E-state index < -0.39 is 6.03 Å². The monoisotopic (exact) mass is 321 g/mol. The van der Waals surface area contributed by atoms with Gasteiger partial charge in [-0.15, -0.1) is 0 Å². The lowest BCUT2D eigenvalue weighted by molar-refractivity contribution is 0.216. The predicted octanol–water partition coefficient (Wildman–Crippen LogP) is 4.30. The number of hydroxylamine groups is 1. The van der Waals surface area contributed by atoms with Crippen LogP contribution >= 0.6 is 0 Å². The fourth-order valence-corrected chi connectivity index (χ4v) is 2.04. The molecule has 3 aromatic rings.